The van der Waals surface area contributed by atoms with E-state index in [1.165, 1.54) is 32.2 Å². The van der Waals surface area contributed by atoms with Gasteiger partial charge in [-0.15, -0.1) is 0 Å². The summed E-state index contributed by atoms with van der Waals surface area (Å²) in [4.78, 5) is 0. The average Bonchev–Trinajstić information content (AvgIpc) is 2.50. The van der Waals surface area contributed by atoms with Gasteiger partial charge in [0.1, 0.15) is 0 Å². The molecule has 0 bridgehead atoms. The molecule has 0 aromatic rings. The molecule has 1 fully saturated rings. The molecule has 0 radical (unpaired) electrons. The van der Waals surface area contributed by atoms with Gasteiger partial charge in [0.15, 0.2) is 0 Å². The van der Waals surface area contributed by atoms with Gasteiger partial charge in [-0.05, 0) is 32.4 Å². The van der Waals surface area contributed by atoms with Crippen molar-refractivity contribution in [3.63, 3.8) is 0 Å². The van der Waals surface area contributed by atoms with E-state index in [0.29, 0.717) is 0 Å². The molecule has 1 aliphatic rings. The second kappa shape index (κ2) is 5.56. The smallest absolute Gasteiger partial charge is 0.00767 e. The number of rotatable bonds is 5. The highest BCUT2D eigenvalue weighted by Crippen LogP contribution is 2.23. The van der Waals surface area contributed by atoms with Crippen LogP contribution in [0.25, 0.3) is 0 Å². The van der Waals surface area contributed by atoms with Crippen LogP contribution in [0, 0.1) is 5.92 Å². The fourth-order valence-corrected chi connectivity index (χ4v) is 1.73. The molecule has 0 unspecified atom stereocenters. The summed E-state index contributed by atoms with van der Waals surface area (Å²) in [6, 6.07) is 0. The zero-order valence-electron chi connectivity index (χ0n) is 7.53. The van der Waals surface area contributed by atoms with Crippen molar-refractivity contribution >= 4 is 0 Å². The molecule has 0 heterocycles. The Morgan fingerprint density at radius 1 is 1.18 bits per heavy atom. The molecule has 1 rings (SSSR count). The van der Waals surface area contributed by atoms with E-state index >= 15 is 0 Å². The molecule has 0 spiro atoms. The number of likely N-dealkylation sites (N-methyl/N-ethyl adjacent to an activating group) is 1. The Balaban J connectivity index is 1.86. The van der Waals surface area contributed by atoms with Crippen LogP contribution in [0.2, 0.25) is 0 Å². The van der Waals surface area contributed by atoms with Gasteiger partial charge in [-0.25, -0.2) is 0 Å². The Morgan fingerprint density at radius 3 is 2.55 bits per heavy atom. The fourth-order valence-electron chi connectivity index (χ4n) is 1.73. The van der Waals surface area contributed by atoms with Crippen LogP contribution in [0.4, 0.5) is 0 Å². The van der Waals surface area contributed by atoms with Gasteiger partial charge in [0, 0.05) is 13.1 Å². The van der Waals surface area contributed by atoms with Crippen LogP contribution in [0.1, 0.15) is 25.7 Å². The monoisotopic (exact) mass is 156 g/mol. The van der Waals surface area contributed by atoms with E-state index in [1.807, 2.05) is 7.05 Å². The summed E-state index contributed by atoms with van der Waals surface area (Å²) in [5, 5.41) is 6.60. The van der Waals surface area contributed by atoms with Gasteiger partial charge in [0.05, 0.1) is 0 Å². The summed E-state index contributed by atoms with van der Waals surface area (Å²) < 4.78 is 0. The van der Waals surface area contributed by atoms with E-state index in [4.69, 9.17) is 0 Å². The van der Waals surface area contributed by atoms with Crippen LogP contribution in [0.15, 0.2) is 0 Å². The highest BCUT2D eigenvalue weighted by molar-refractivity contribution is 4.69. The minimum Gasteiger partial charge on any atom is -0.318 e. The zero-order valence-corrected chi connectivity index (χ0v) is 7.53. The van der Waals surface area contributed by atoms with Crippen molar-refractivity contribution in [2.75, 3.05) is 26.7 Å². The first-order valence-corrected chi connectivity index (χ1v) is 4.79. The molecule has 66 valence electrons. The minimum absolute atomic E-state index is 0.979. The fraction of sp³-hybridized carbons (Fsp3) is 1.00. The normalized spacial score (nSPS) is 19.4. The van der Waals surface area contributed by atoms with Crippen LogP contribution in [0.5, 0.6) is 0 Å². The molecule has 0 aromatic heterocycles. The molecule has 0 atom stereocenters. The lowest BCUT2D eigenvalue weighted by Crippen LogP contribution is -2.28. The third-order valence-electron chi connectivity index (χ3n) is 2.46. The molecule has 11 heavy (non-hydrogen) atoms. The van der Waals surface area contributed by atoms with Gasteiger partial charge in [0.25, 0.3) is 0 Å². The summed E-state index contributed by atoms with van der Waals surface area (Å²) in [5.41, 5.74) is 0. The van der Waals surface area contributed by atoms with E-state index < -0.39 is 0 Å². The van der Waals surface area contributed by atoms with Crippen molar-refractivity contribution in [3.8, 4) is 0 Å². The number of hydrogen-bond acceptors (Lipinski definition) is 2. The summed E-state index contributed by atoms with van der Waals surface area (Å²) in [6.45, 7) is 3.45. The maximum atomic E-state index is 3.47. The lowest BCUT2D eigenvalue weighted by molar-refractivity contribution is 0.488. The van der Waals surface area contributed by atoms with Gasteiger partial charge < -0.3 is 10.6 Å². The molecule has 0 aliphatic heterocycles. The maximum Gasteiger partial charge on any atom is 0.00767 e. The van der Waals surface area contributed by atoms with Gasteiger partial charge in [0.2, 0.25) is 0 Å². The van der Waals surface area contributed by atoms with Crippen molar-refractivity contribution in [2.45, 2.75) is 25.7 Å². The van der Waals surface area contributed by atoms with Crippen molar-refractivity contribution < 1.29 is 0 Å². The summed E-state index contributed by atoms with van der Waals surface area (Å²) in [7, 11) is 2.00. The molecule has 0 aromatic carbocycles. The Morgan fingerprint density at radius 2 is 1.91 bits per heavy atom. The van der Waals surface area contributed by atoms with Crippen LogP contribution in [-0.2, 0) is 0 Å². The van der Waals surface area contributed by atoms with E-state index in [2.05, 4.69) is 10.6 Å². The first-order chi connectivity index (χ1) is 5.43. The molecule has 2 heteroatoms. The van der Waals surface area contributed by atoms with Crippen LogP contribution < -0.4 is 10.6 Å². The summed E-state index contributed by atoms with van der Waals surface area (Å²) in [5.74, 6) is 0.979. The minimum atomic E-state index is 0.979. The van der Waals surface area contributed by atoms with E-state index in [0.717, 1.165) is 19.0 Å². The van der Waals surface area contributed by atoms with Gasteiger partial charge >= 0.3 is 0 Å². The first kappa shape index (κ1) is 9.01. The molecule has 1 aliphatic carbocycles. The molecule has 0 saturated heterocycles. The van der Waals surface area contributed by atoms with Gasteiger partial charge in [-0.2, -0.15) is 0 Å². The van der Waals surface area contributed by atoms with Crippen LogP contribution in [-0.4, -0.2) is 26.7 Å². The van der Waals surface area contributed by atoms with Gasteiger partial charge in [-0.3, -0.25) is 0 Å². The molecular weight excluding hydrogens is 136 g/mol. The van der Waals surface area contributed by atoms with Crippen molar-refractivity contribution in [2.24, 2.45) is 5.92 Å². The number of hydrogen-bond donors (Lipinski definition) is 2. The predicted octanol–water partition coefficient (Wildman–Crippen LogP) is 0.986. The zero-order chi connectivity index (χ0) is 7.94. The third-order valence-corrected chi connectivity index (χ3v) is 2.46. The van der Waals surface area contributed by atoms with E-state index in [9.17, 15) is 0 Å². The lowest BCUT2D eigenvalue weighted by atomic mass is 10.1. The van der Waals surface area contributed by atoms with Crippen LogP contribution in [0.3, 0.4) is 0 Å². The summed E-state index contributed by atoms with van der Waals surface area (Å²) in [6.07, 6.45) is 5.82. The molecule has 2 nitrogen and oxygen atoms in total. The van der Waals surface area contributed by atoms with Gasteiger partial charge in [-0.1, -0.05) is 12.8 Å². The Labute approximate surface area is 69.8 Å². The first-order valence-electron chi connectivity index (χ1n) is 4.79. The van der Waals surface area contributed by atoms with Crippen molar-refractivity contribution in [1.29, 1.82) is 0 Å². The Kier molecular flexibility index (Phi) is 4.55. The molecule has 0 amide bonds. The third kappa shape index (κ3) is 3.73. The highest BCUT2D eigenvalue weighted by Gasteiger charge is 2.13. The Bertz CT molecular complexity index is 87.6. The predicted molar refractivity (Wildman–Crippen MR) is 48.8 cm³/mol. The average molecular weight is 156 g/mol. The highest BCUT2D eigenvalue weighted by atomic mass is 14.9. The quantitative estimate of drug-likeness (QED) is 0.580. The topological polar surface area (TPSA) is 24.1 Å². The standard InChI is InChI=1S/C9H20N2/c1-10-6-7-11-8-9-4-2-3-5-9/h9-11H,2-8H2,1H3. The SMILES string of the molecule is CNCCNCC1CCCC1. The van der Waals surface area contributed by atoms with E-state index in [1.54, 1.807) is 0 Å². The molecule has 2 N–H and O–H groups in total. The molecule has 1 saturated carbocycles. The second-order valence-corrected chi connectivity index (χ2v) is 3.46. The van der Waals surface area contributed by atoms with Crippen LogP contribution >= 0.6 is 0 Å². The van der Waals surface area contributed by atoms with E-state index in [-0.39, 0.29) is 0 Å². The molecular formula is C9H20N2. The second-order valence-electron chi connectivity index (χ2n) is 3.46. The lowest BCUT2D eigenvalue weighted by Gasteiger charge is -2.09. The van der Waals surface area contributed by atoms with Crippen molar-refractivity contribution in [1.82, 2.24) is 10.6 Å². The number of nitrogens with one attached hydrogen (secondary N) is 2. The van der Waals surface area contributed by atoms with Crippen molar-refractivity contribution in [3.05, 3.63) is 0 Å². The maximum absolute atomic E-state index is 3.47. The summed E-state index contributed by atoms with van der Waals surface area (Å²) >= 11 is 0. The Hall–Kier alpha value is -0.0800. The largest absolute Gasteiger partial charge is 0.318 e.